The molecular weight excluding hydrogens is 297 g/mol. The summed E-state index contributed by atoms with van der Waals surface area (Å²) in [6.45, 7) is 0. The Morgan fingerprint density at radius 3 is 1.95 bits per heavy atom. The quantitative estimate of drug-likeness (QED) is 0.628. The number of carbonyl (C=O) groups is 1. The fourth-order valence-corrected chi connectivity index (χ4v) is 1.46. The minimum absolute atomic E-state index is 0.144. The minimum atomic E-state index is -5.86. The lowest BCUT2D eigenvalue weighted by Gasteiger charge is -2.21. The number of ketones is 1. The Balaban J connectivity index is 3.27. The zero-order chi connectivity index (χ0) is 15.7. The summed E-state index contributed by atoms with van der Waals surface area (Å²) in [6.07, 6.45) is -11.7. The van der Waals surface area contributed by atoms with Gasteiger partial charge in [0.25, 0.3) is 0 Å². The van der Waals surface area contributed by atoms with Crippen molar-refractivity contribution in [2.45, 2.75) is 12.4 Å². The molecule has 0 spiro atoms. The molecule has 0 fully saturated rings. The Hall–Kier alpha value is -1.80. The number of rotatable bonds is 3. The number of methoxy groups -OCH3 is 1. The molecule has 0 saturated carbocycles. The summed E-state index contributed by atoms with van der Waals surface area (Å²) in [5.41, 5.74) is -1.30. The first-order valence-corrected chi connectivity index (χ1v) is 4.99. The van der Waals surface area contributed by atoms with Crippen LogP contribution < -0.4 is 4.74 Å². The van der Waals surface area contributed by atoms with E-state index in [0.717, 1.165) is 13.2 Å². The van der Waals surface area contributed by atoms with Gasteiger partial charge in [-0.15, -0.1) is 0 Å². The molecule has 0 bridgehead atoms. The van der Waals surface area contributed by atoms with E-state index in [9.17, 15) is 35.5 Å². The molecular formula is C11H7F7O2. The first kappa shape index (κ1) is 16.3. The van der Waals surface area contributed by atoms with Gasteiger partial charge in [0.1, 0.15) is 11.6 Å². The summed E-state index contributed by atoms with van der Waals surface area (Å²) in [7, 11) is 1.12. The molecule has 0 aliphatic heterocycles. The van der Waals surface area contributed by atoms with Crippen LogP contribution in [0.5, 0.6) is 5.75 Å². The maximum atomic E-state index is 13.4. The van der Waals surface area contributed by atoms with Crippen LogP contribution >= 0.6 is 0 Å². The maximum absolute atomic E-state index is 13.4. The molecule has 0 aromatic heterocycles. The Bertz CT molecular complexity index is 490. The summed E-state index contributed by atoms with van der Waals surface area (Å²) in [4.78, 5) is 11.3. The van der Waals surface area contributed by atoms with Crippen LogP contribution in [0.2, 0.25) is 0 Å². The standard InChI is InChI=1S/C11H7F7O2/c1-20-5-2-3-6(7(12)4-5)8(19)9(10(13,14)15)11(16,17)18/h2-4,9H,1H3. The highest BCUT2D eigenvalue weighted by molar-refractivity contribution is 5.99. The van der Waals surface area contributed by atoms with Gasteiger partial charge in [-0.05, 0) is 12.1 Å². The Morgan fingerprint density at radius 2 is 1.60 bits per heavy atom. The van der Waals surface area contributed by atoms with E-state index < -0.39 is 35.4 Å². The summed E-state index contributed by atoms with van der Waals surface area (Å²) >= 11 is 0. The highest BCUT2D eigenvalue weighted by Crippen LogP contribution is 2.41. The highest BCUT2D eigenvalue weighted by Gasteiger charge is 2.61. The van der Waals surface area contributed by atoms with Crippen LogP contribution in [0.1, 0.15) is 10.4 Å². The van der Waals surface area contributed by atoms with Crippen molar-refractivity contribution in [2.24, 2.45) is 5.92 Å². The SMILES string of the molecule is COc1ccc(C(=O)C(C(F)(F)F)C(F)(F)F)c(F)c1. The molecule has 0 heterocycles. The number of Topliss-reactive ketones (excluding diaryl/α,β-unsaturated/α-hetero) is 1. The molecule has 1 aromatic rings. The largest absolute Gasteiger partial charge is 0.497 e. The topological polar surface area (TPSA) is 26.3 Å². The van der Waals surface area contributed by atoms with E-state index in [1.165, 1.54) is 0 Å². The molecule has 1 aromatic carbocycles. The molecule has 0 saturated heterocycles. The summed E-state index contributed by atoms with van der Waals surface area (Å²) in [6, 6.07) is 1.93. The maximum Gasteiger partial charge on any atom is 0.407 e. The molecule has 2 nitrogen and oxygen atoms in total. The first-order chi connectivity index (χ1) is 8.98. The van der Waals surface area contributed by atoms with Gasteiger partial charge in [-0.2, -0.15) is 26.3 Å². The number of hydrogen-bond acceptors (Lipinski definition) is 2. The molecule has 0 N–H and O–H groups in total. The fourth-order valence-electron chi connectivity index (χ4n) is 1.46. The van der Waals surface area contributed by atoms with Crippen LogP contribution in [0.25, 0.3) is 0 Å². The zero-order valence-corrected chi connectivity index (χ0v) is 9.77. The zero-order valence-electron chi connectivity index (χ0n) is 9.77. The third-order valence-corrected chi connectivity index (χ3v) is 2.36. The molecule has 0 aliphatic rings. The normalized spacial score (nSPS) is 12.7. The van der Waals surface area contributed by atoms with Crippen molar-refractivity contribution in [3.63, 3.8) is 0 Å². The second kappa shape index (κ2) is 5.29. The van der Waals surface area contributed by atoms with E-state index >= 15 is 0 Å². The number of ether oxygens (including phenoxy) is 1. The van der Waals surface area contributed by atoms with Gasteiger partial charge in [-0.3, -0.25) is 4.79 Å². The minimum Gasteiger partial charge on any atom is -0.497 e. The average molecular weight is 304 g/mol. The van der Waals surface area contributed by atoms with Gasteiger partial charge >= 0.3 is 12.4 Å². The predicted molar refractivity (Wildman–Crippen MR) is 52.9 cm³/mol. The Labute approximate surface area is 108 Å². The lowest BCUT2D eigenvalue weighted by atomic mass is 9.96. The lowest BCUT2D eigenvalue weighted by molar-refractivity contribution is -0.264. The highest BCUT2D eigenvalue weighted by atomic mass is 19.4. The molecule has 0 aliphatic carbocycles. The van der Waals surface area contributed by atoms with Crippen LogP contribution in [0.15, 0.2) is 18.2 Å². The van der Waals surface area contributed by atoms with E-state index in [1.54, 1.807) is 0 Å². The van der Waals surface area contributed by atoms with Crippen LogP contribution in [0, 0.1) is 11.7 Å². The predicted octanol–water partition coefficient (Wildman–Crippen LogP) is 3.76. The first-order valence-electron chi connectivity index (χ1n) is 4.99. The van der Waals surface area contributed by atoms with Crippen LogP contribution in [0.4, 0.5) is 30.7 Å². The number of halogens is 7. The number of benzene rings is 1. The van der Waals surface area contributed by atoms with E-state index in [1.807, 2.05) is 0 Å². The number of carbonyl (C=O) groups excluding carboxylic acids is 1. The Morgan fingerprint density at radius 1 is 1.10 bits per heavy atom. The van der Waals surface area contributed by atoms with Crippen molar-refractivity contribution in [3.05, 3.63) is 29.6 Å². The fraction of sp³-hybridized carbons (Fsp3) is 0.364. The molecule has 112 valence electrons. The monoisotopic (exact) mass is 304 g/mol. The lowest BCUT2D eigenvalue weighted by Crippen LogP contribution is -2.42. The van der Waals surface area contributed by atoms with Gasteiger partial charge in [-0.25, -0.2) is 4.39 Å². The second-order valence-corrected chi connectivity index (χ2v) is 3.73. The molecule has 1 rings (SSSR count). The van der Waals surface area contributed by atoms with Crippen molar-refractivity contribution in [3.8, 4) is 5.75 Å². The van der Waals surface area contributed by atoms with E-state index in [-0.39, 0.29) is 5.75 Å². The molecule has 0 amide bonds. The molecule has 0 atom stereocenters. The van der Waals surface area contributed by atoms with E-state index in [4.69, 9.17) is 0 Å². The van der Waals surface area contributed by atoms with Gasteiger partial charge < -0.3 is 4.74 Å². The van der Waals surface area contributed by atoms with E-state index in [0.29, 0.717) is 12.1 Å². The van der Waals surface area contributed by atoms with Gasteiger partial charge in [0, 0.05) is 6.07 Å². The van der Waals surface area contributed by atoms with Crippen molar-refractivity contribution >= 4 is 5.78 Å². The van der Waals surface area contributed by atoms with Crippen LogP contribution in [-0.2, 0) is 0 Å². The number of hydrogen-bond donors (Lipinski definition) is 0. The number of alkyl halides is 6. The van der Waals surface area contributed by atoms with Gasteiger partial charge in [0.15, 0.2) is 5.78 Å². The summed E-state index contributed by atoms with van der Waals surface area (Å²) in [5.74, 6) is -8.33. The molecule has 0 unspecified atom stereocenters. The van der Waals surface area contributed by atoms with Crippen molar-refractivity contribution < 1.29 is 40.3 Å². The smallest absolute Gasteiger partial charge is 0.407 e. The van der Waals surface area contributed by atoms with Crippen molar-refractivity contribution in [2.75, 3.05) is 7.11 Å². The summed E-state index contributed by atoms with van der Waals surface area (Å²) < 4.78 is 92.0. The third-order valence-electron chi connectivity index (χ3n) is 2.36. The average Bonchev–Trinajstić information content (AvgIpc) is 2.24. The second-order valence-electron chi connectivity index (χ2n) is 3.73. The van der Waals surface area contributed by atoms with Crippen LogP contribution in [-0.4, -0.2) is 25.2 Å². The van der Waals surface area contributed by atoms with E-state index in [2.05, 4.69) is 4.74 Å². The van der Waals surface area contributed by atoms with Gasteiger partial charge in [-0.1, -0.05) is 0 Å². The van der Waals surface area contributed by atoms with Gasteiger partial charge in [0.2, 0.25) is 5.92 Å². The third kappa shape index (κ3) is 3.40. The molecule has 9 heteroatoms. The summed E-state index contributed by atoms with van der Waals surface area (Å²) in [5, 5.41) is 0. The van der Waals surface area contributed by atoms with Crippen molar-refractivity contribution in [1.29, 1.82) is 0 Å². The molecule has 20 heavy (non-hydrogen) atoms. The Kier molecular flexibility index (Phi) is 4.30. The van der Waals surface area contributed by atoms with Crippen molar-refractivity contribution in [1.82, 2.24) is 0 Å². The van der Waals surface area contributed by atoms with Crippen LogP contribution in [0.3, 0.4) is 0 Å². The molecule has 0 radical (unpaired) electrons. The van der Waals surface area contributed by atoms with Gasteiger partial charge in [0.05, 0.1) is 12.7 Å².